The molecule has 0 fully saturated rings. The summed E-state index contributed by atoms with van der Waals surface area (Å²) >= 11 is 0. The second-order valence-corrected chi connectivity index (χ2v) is 4.17. The van der Waals surface area contributed by atoms with Crippen molar-refractivity contribution in [3.63, 3.8) is 0 Å². The molecule has 0 radical (unpaired) electrons. The van der Waals surface area contributed by atoms with E-state index in [1.165, 1.54) is 6.20 Å². The zero-order chi connectivity index (χ0) is 13.5. The van der Waals surface area contributed by atoms with Gasteiger partial charge < -0.3 is 15.6 Å². The molecule has 0 saturated carbocycles. The number of rotatable bonds is 6. The normalized spacial score (nSPS) is 10.5. The first kappa shape index (κ1) is 14.4. The third kappa shape index (κ3) is 3.97. The van der Waals surface area contributed by atoms with E-state index in [0.29, 0.717) is 17.8 Å². The van der Waals surface area contributed by atoms with Crippen molar-refractivity contribution in [2.75, 3.05) is 32.1 Å². The second-order valence-electron chi connectivity index (χ2n) is 4.17. The number of anilines is 1. The number of hydrogen-bond donors (Lipinski definition) is 3. The fourth-order valence-corrected chi connectivity index (χ4v) is 1.47. The maximum Gasteiger partial charge on any atom is 0.255 e. The van der Waals surface area contributed by atoms with Crippen molar-refractivity contribution < 1.29 is 4.79 Å². The summed E-state index contributed by atoms with van der Waals surface area (Å²) in [6.45, 7) is 6.28. The summed E-state index contributed by atoms with van der Waals surface area (Å²) in [4.78, 5) is 18.2. The van der Waals surface area contributed by atoms with Gasteiger partial charge in [-0.1, -0.05) is 6.92 Å². The quantitative estimate of drug-likeness (QED) is 0.502. The number of aryl methyl sites for hydroxylation is 1. The highest BCUT2D eigenvalue weighted by Crippen LogP contribution is 2.13. The highest BCUT2D eigenvalue weighted by Gasteiger charge is 2.11. The van der Waals surface area contributed by atoms with Gasteiger partial charge in [0.05, 0.1) is 11.3 Å². The van der Waals surface area contributed by atoms with Crippen LogP contribution in [0.2, 0.25) is 0 Å². The summed E-state index contributed by atoms with van der Waals surface area (Å²) in [6.07, 6.45) is 1.53. The predicted molar refractivity (Wildman–Crippen MR) is 72.3 cm³/mol. The molecule has 0 bridgehead atoms. The topological polar surface area (TPSA) is 83.3 Å². The number of nitrogens with one attached hydrogen (secondary N) is 2. The number of nitrogens with zero attached hydrogens (tertiary/aromatic N) is 2. The van der Waals surface area contributed by atoms with Gasteiger partial charge in [0.25, 0.3) is 5.91 Å². The molecular weight excluding hydrogens is 230 g/mol. The lowest BCUT2D eigenvalue weighted by atomic mass is 10.2. The molecule has 0 unspecified atom stereocenters. The predicted octanol–water partition coefficient (Wildman–Crippen LogP) is 0.357. The number of hydrogen-bond acceptors (Lipinski definition) is 5. The van der Waals surface area contributed by atoms with Gasteiger partial charge in [0.2, 0.25) is 0 Å². The molecule has 0 aliphatic heterocycles. The van der Waals surface area contributed by atoms with E-state index >= 15 is 0 Å². The number of nitrogen functional groups attached to an aromatic ring is 1. The van der Waals surface area contributed by atoms with E-state index in [4.69, 9.17) is 5.84 Å². The Bertz CT molecular complexity index is 407. The van der Waals surface area contributed by atoms with E-state index in [1.807, 2.05) is 14.0 Å². The van der Waals surface area contributed by atoms with E-state index in [9.17, 15) is 4.79 Å². The van der Waals surface area contributed by atoms with Crippen LogP contribution in [0.4, 0.5) is 5.69 Å². The number of likely N-dealkylation sites (N-methyl/N-ethyl adjacent to an activating group) is 1. The number of hydrazine groups is 1. The zero-order valence-electron chi connectivity index (χ0n) is 11.2. The van der Waals surface area contributed by atoms with Crippen LogP contribution < -0.4 is 16.6 Å². The van der Waals surface area contributed by atoms with Crippen LogP contribution >= 0.6 is 0 Å². The number of carbonyl (C=O) groups is 1. The number of amides is 1. The van der Waals surface area contributed by atoms with Gasteiger partial charge >= 0.3 is 0 Å². The Balaban J connectivity index is 2.61. The monoisotopic (exact) mass is 251 g/mol. The van der Waals surface area contributed by atoms with Gasteiger partial charge in [-0.15, -0.1) is 0 Å². The van der Waals surface area contributed by atoms with Crippen LogP contribution in [0, 0.1) is 6.92 Å². The van der Waals surface area contributed by atoms with E-state index in [2.05, 4.69) is 27.6 Å². The van der Waals surface area contributed by atoms with Crippen LogP contribution in [0.25, 0.3) is 0 Å². The first-order valence-electron chi connectivity index (χ1n) is 5.98. The number of nitrogens with two attached hydrogens (primary N) is 1. The summed E-state index contributed by atoms with van der Waals surface area (Å²) in [6, 6.07) is 1.74. The summed E-state index contributed by atoms with van der Waals surface area (Å²) in [5, 5.41) is 2.84. The molecule has 1 aromatic rings. The van der Waals surface area contributed by atoms with Crippen molar-refractivity contribution in [1.82, 2.24) is 15.2 Å². The molecule has 1 aromatic heterocycles. The van der Waals surface area contributed by atoms with Crippen LogP contribution in [-0.2, 0) is 0 Å². The maximum atomic E-state index is 11.9. The summed E-state index contributed by atoms with van der Waals surface area (Å²) in [5.74, 6) is 5.22. The van der Waals surface area contributed by atoms with Crippen LogP contribution in [-0.4, -0.2) is 42.5 Å². The average molecular weight is 251 g/mol. The summed E-state index contributed by atoms with van der Waals surface area (Å²) < 4.78 is 0. The SMILES string of the molecule is CCN(C)CCNC(=O)c1cnc(C)cc1NN. The molecule has 18 heavy (non-hydrogen) atoms. The molecular formula is C12H21N5O. The van der Waals surface area contributed by atoms with Crippen molar-refractivity contribution in [3.8, 4) is 0 Å². The largest absolute Gasteiger partial charge is 0.351 e. The molecule has 0 saturated heterocycles. The summed E-state index contributed by atoms with van der Waals surface area (Å²) in [5.41, 5.74) is 4.37. The highest BCUT2D eigenvalue weighted by molar-refractivity contribution is 5.99. The zero-order valence-corrected chi connectivity index (χ0v) is 11.2. The maximum absolute atomic E-state index is 11.9. The van der Waals surface area contributed by atoms with E-state index in [-0.39, 0.29) is 5.91 Å². The molecule has 6 heteroatoms. The molecule has 0 aliphatic carbocycles. The molecule has 6 nitrogen and oxygen atoms in total. The first-order chi connectivity index (χ1) is 8.58. The van der Waals surface area contributed by atoms with Crippen LogP contribution in [0.15, 0.2) is 12.3 Å². The lowest BCUT2D eigenvalue weighted by Crippen LogP contribution is -2.33. The van der Waals surface area contributed by atoms with E-state index < -0.39 is 0 Å². The lowest BCUT2D eigenvalue weighted by Gasteiger charge is -2.14. The molecule has 1 heterocycles. The van der Waals surface area contributed by atoms with Crippen molar-refractivity contribution in [2.24, 2.45) is 5.84 Å². The Labute approximate surface area is 108 Å². The third-order valence-electron chi connectivity index (χ3n) is 2.76. The average Bonchev–Trinajstić information content (AvgIpc) is 2.37. The lowest BCUT2D eigenvalue weighted by molar-refractivity contribution is 0.0950. The Morgan fingerprint density at radius 3 is 2.89 bits per heavy atom. The van der Waals surface area contributed by atoms with E-state index in [0.717, 1.165) is 18.8 Å². The number of pyridine rings is 1. The summed E-state index contributed by atoms with van der Waals surface area (Å²) in [7, 11) is 2.01. The molecule has 0 aliphatic rings. The number of aromatic nitrogens is 1. The highest BCUT2D eigenvalue weighted by atomic mass is 16.1. The molecule has 4 N–H and O–H groups in total. The minimum absolute atomic E-state index is 0.167. The molecule has 1 amide bonds. The first-order valence-corrected chi connectivity index (χ1v) is 5.98. The molecule has 0 atom stereocenters. The van der Waals surface area contributed by atoms with Crippen molar-refractivity contribution in [3.05, 3.63) is 23.5 Å². The Morgan fingerprint density at radius 2 is 2.28 bits per heavy atom. The molecule has 0 spiro atoms. The van der Waals surface area contributed by atoms with Crippen molar-refractivity contribution >= 4 is 11.6 Å². The molecule has 100 valence electrons. The van der Waals surface area contributed by atoms with Gasteiger partial charge in [-0.05, 0) is 26.6 Å². The van der Waals surface area contributed by atoms with Crippen molar-refractivity contribution in [1.29, 1.82) is 0 Å². The van der Waals surface area contributed by atoms with Gasteiger partial charge in [0, 0.05) is 25.0 Å². The molecule has 1 rings (SSSR count). The van der Waals surface area contributed by atoms with Gasteiger partial charge in [0.1, 0.15) is 0 Å². The fourth-order valence-electron chi connectivity index (χ4n) is 1.47. The Hall–Kier alpha value is -1.66. The standard InChI is InChI=1S/C12H21N5O/c1-4-17(3)6-5-14-12(18)10-8-15-9(2)7-11(10)16-13/h7-8H,4-6,13H2,1-3H3,(H,14,18)(H,15,16). The third-order valence-corrected chi connectivity index (χ3v) is 2.76. The Morgan fingerprint density at radius 1 is 1.56 bits per heavy atom. The fraction of sp³-hybridized carbons (Fsp3) is 0.500. The van der Waals surface area contributed by atoms with Crippen molar-refractivity contribution in [2.45, 2.75) is 13.8 Å². The smallest absolute Gasteiger partial charge is 0.255 e. The van der Waals surface area contributed by atoms with Crippen LogP contribution in [0.5, 0.6) is 0 Å². The van der Waals surface area contributed by atoms with Gasteiger partial charge in [-0.2, -0.15) is 0 Å². The second kappa shape index (κ2) is 6.93. The Kier molecular flexibility index (Phi) is 5.54. The number of carbonyl (C=O) groups excluding carboxylic acids is 1. The van der Waals surface area contributed by atoms with Crippen LogP contribution in [0.1, 0.15) is 23.0 Å². The minimum atomic E-state index is -0.167. The molecule has 0 aromatic carbocycles. The minimum Gasteiger partial charge on any atom is -0.351 e. The van der Waals surface area contributed by atoms with Crippen LogP contribution in [0.3, 0.4) is 0 Å². The van der Waals surface area contributed by atoms with Gasteiger partial charge in [0.15, 0.2) is 0 Å². The van der Waals surface area contributed by atoms with E-state index in [1.54, 1.807) is 6.07 Å². The van der Waals surface area contributed by atoms with Gasteiger partial charge in [-0.3, -0.25) is 15.6 Å². The van der Waals surface area contributed by atoms with Gasteiger partial charge in [-0.25, -0.2) is 0 Å².